The average Bonchev–Trinajstić information content (AvgIpc) is 0.811. The molecule has 0 spiro atoms. The number of H-pyrrole nitrogens is 4. The molecule has 4 aromatic carbocycles. The molecule has 4 aliphatic heterocycles. The maximum absolute atomic E-state index is 15.3. The molecule has 3 saturated carbocycles. The van der Waals surface area contributed by atoms with E-state index in [1.165, 1.54) is 102 Å². The highest BCUT2D eigenvalue weighted by Gasteiger charge is 2.46. The molecule has 12 aromatic rings. The van der Waals surface area contributed by atoms with Crippen LogP contribution in [0.2, 0.25) is 15.1 Å². The van der Waals surface area contributed by atoms with Gasteiger partial charge in [-0.2, -0.15) is 25.4 Å². The van der Waals surface area contributed by atoms with Crippen molar-refractivity contribution in [3.63, 3.8) is 0 Å². The zero-order chi connectivity index (χ0) is 89.3. The summed E-state index contributed by atoms with van der Waals surface area (Å²) in [6.07, 6.45) is 25.7. The largest absolute Gasteiger partial charge is 0.341 e. The second-order valence-electron chi connectivity index (χ2n) is 36.3. The van der Waals surface area contributed by atoms with E-state index in [4.69, 9.17) is 39.8 Å². The van der Waals surface area contributed by atoms with Crippen molar-refractivity contribution in [2.45, 2.75) is 232 Å². The van der Waals surface area contributed by atoms with Gasteiger partial charge < -0.3 is 42.1 Å². The van der Waals surface area contributed by atoms with Gasteiger partial charge >= 0.3 is 0 Å². The SMILES string of the molecule is CNC1(C(=O)N2CCC(c3cc(F)c(Cc4ncc(Cl)c(Nc5cc(C)[nH]n5)n4)cc3C)CC2)CCC1.Cc1cc(C2CCNCC2)c(C)cc1Cc1ncc(Cl)c(Cc2cc(C3CC3)n[nH]2)n1.Cc1cc(Cc2ncc(Cl)c(Cc3cc(C4CC4)n[nH]3)n2)c(F)cc1C1CCNCC1.Cc1cc(Nc2nc(Nc3cc(C)c(C4CCNCC4)cc3C)ncc2C)n[nH]1. The predicted molar refractivity (Wildman–Crippen MR) is 502 cm³/mol. The molecule has 0 atom stereocenters. The van der Waals surface area contributed by atoms with E-state index in [9.17, 15) is 9.18 Å². The summed E-state index contributed by atoms with van der Waals surface area (Å²) in [5.41, 5.74) is 24.5. The molecule has 7 aliphatic rings. The van der Waals surface area contributed by atoms with Crippen molar-refractivity contribution >= 4 is 75.6 Å². The van der Waals surface area contributed by atoms with E-state index in [2.05, 4.69) is 184 Å². The van der Waals surface area contributed by atoms with E-state index >= 15 is 4.39 Å². The first-order chi connectivity index (χ1) is 61.9. The van der Waals surface area contributed by atoms with Crippen molar-refractivity contribution in [2.75, 3.05) is 75.4 Å². The molecule has 8 aromatic heterocycles. The van der Waals surface area contributed by atoms with Crippen molar-refractivity contribution in [3.05, 3.63) is 265 Å². The third kappa shape index (κ3) is 22.7. The molecule has 128 heavy (non-hydrogen) atoms. The minimum atomic E-state index is -0.368. The topological polar surface area (TPSA) is 322 Å². The molecule has 19 rings (SSSR count). The molecule has 0 bridgehead atoms. The van der Waals surface area contributed by atoms with Gasteiger partial charge in [-0.15, -0.1) is 0 Å². The summed E-state index contributed by atoms with van der Waals surface area (Å²) >= 11 is 19.1. The number of nitrogens with one attached hydrogen (secondary N) is 11. The highest BCUT2D eigenvalue weighted by molar-refractivity contribution is 6.33. The molecule has 11 N–H and O–H groups in total. The Morgan fingerprint density at radius 3 is 1.30 bits per heavy atom. The number of aromatic amines is 4. The molecule has 0 radical (unpaired) electrons. The highest BCUT2D eigenvalue weighted by atomic mass is 35.5. The Balaban J connectivity index is 0.000000126. The molecule has 12 heterocycles. The van der Waals surface area contributed by atoms with Gasteiger partial charge in [0.05, 0.1) is 44.6 Å². The van der Waals surface area contributed by atoms with E-state index in [1.807, 2.05) is 70.1 Å². The summed E-state index contributed by atoms with van der Waals surface area (Å²) < 4.78 is 30.2. The van der Waals surface area contributed by atoms with Crippen LogP contribution in [0.5, 0.6) is 0 Å². The molecule has 25 nitrogen and oxygen atoms in total. The van der Waals surface area contributed by atoms with Crippen molar-refractivity contribution in [1.29, 1.82) is 0 Å². The molecule has 4 saturated heterocycles. The van der Waals surface area contributed by atoms with Gasteiger partial charge in [0.1, 0.15) is 39.9 Å². The fourth-order valence-electron chi connectivity index (χ4n) is 18.6. The third-order valence-corrected chi connectivity index (χ3v) is 27.5. The first-order valence-electron chi connectivity index (χ1n) is 45.6. The Labute approximate surface area is 763 Å². The molecule has 1 amide bonds. The van der Waals surface area contributed by atoms with Gasteiger partial charge in [0.25, 0.3) is 0 Å². The van der Waals surface area contributed by atoms with Crippen molar-refractivity contribution in [2.24, 2.45) is 0 Å². The van der Waals surface area contributed by atoms with Crippen LogP contribution in [0.1, 0.15) is 273 Å². The van der Waals surface area contributed by atoms with Crippen LogP contribution in [-0.4, -0.2) is 156 Å². The number of carbonyl (C=O) groups excluding carboxylic acids is 1. The standard InChI is InChI=1S/C27H33ClFN7O.C25H30ClN5.C24H27ClFN5.C22H29N7/c1-16-11-19(13-23-31-15-21(28)25(32-23)33-24-12-17(2)34-35-24)22(29)14-20(16)18-5-9-36(10-6-18)26(37)27(30-3)7-4-8-27;1-15-10-21(17-5-7-27-8-6-17)16(2)9-19(15)11-25-28-14-22(26)24(29-25)13-20-12-23(31-30-20)18-3-4-18;1-14-8-17(21(26)12-19(14)15-4-6-27-7-5-15)9-24-28-13-20(25)23(29-24)11-18-10-22(31-30-18)16-2-3-16;1-13-10-19(14(2)9-18(13)17-5-7-23-8-6-17)25-22-24-12-15(3)21(27-22)26-20-11-16(4)28-29-20/h11-12,14-15,18,30H,4-10,13H2,1-3H3,(H2,31,32,33,34,35);9-10,12,14,17-18,27H,3-8,11,13H2,1-2H3,(H,30,31);8,10,12-13,15-16,27H,2-7,9,11H2,1H3,(H,30,31);9-12,17,23H,5-8H2,1-4H3,(H3,24,25,26,27,28,29). The number of carbonyl (C=O) groups is 1. The van der Waals surface area contributed by atoms with E-state index < -0.39 is 0 Å². The van der Waals surface area contributed by atoms with Gasteiger partial charge in [-0.3, -0.25) is 25.2 Å². The number of aromatic nitrogens is 16. The average molecular weight is 1790 g/mol. The third-order valence-electron chi connectivity index (χ3n) is 26.6. The van der Waals surface area contributed by atoms with E-state index in [1.54, 1.807) is 24.5 Å². The summed E-state index contributed by atoms with van der Waals surface area (Å²) in [5.74, 6) is 7.93. The molecule has 7 fully saturated rings. The summed E-state index contributed by atoms with van der Waals surface area (Å²) in [5, 5.41) is 54.0. The molecule has 0 unspecified atom stereocenters. The predicted octanol–water partition coefficient (Wildman–Crippen LogP) is 19.0. The smallest absolute Gasteiger partial charge is 0.242 e. The number of hydrogen-bond acceptors (Lipinski definition) is 20. The van der Waals surface area contributed by atoms with Crippen molar-refractivity contribution in [3.8, 4) is 0 Å². The van der Waals surface area contributed by atoms with Crippen LogP contribution in [0.25, 0.3) is 0 Å². The number of halogens is 5. The van der Waals surface area contributed by atoms with Gasteiger partial charge in [0.2, 0.25) is 11.9 Å². The quantitative estimate of drug-likeness (QED) is 0.0268. The Morgan fingerprint density at radius 2 is 0.844 bits per heavy atom. The molecule has 672 valence electrons. The number of rotatable bonds is 24. The lowest BCUT2D eigenvalue weighted by Gasteiger charge is -2.45. The first-order valence-corrected chi connectivity index (χ1v) is 46.7. The zero-order valence-electron chi connectivity index (χ0n) is 75.1. The van der Waals surface area contributed by atoms with Gasteiger partial charge in [0.15, 0.2) is 17.5 Å². The minimum absolute atomic E-state index is 0.179. The number of benzene rings is 4. The molecular formula is C98H119Cl3F2N24O. The number of likely N-dealkylation sites (tertiary alicyclic amines) is 1. The summed E-state index contributed by atoms with van der Waals surface area (Å²) in [4.78, 5) is 51.3. The maximum atomic E-state index is 15.3. The van der Waals surface area contributed by atoms with E-state index in [0.29, 0.717) is 117 Å². The molecular weight excluding hydrogens is 1670 g/mol. The van der Waals surface area contributed by atoms with Crippen LogP contribution in [0, 0.1) is 73.9 Å². The Kier molecular flexibility index (Phi) is 29.1. The number of amides is 1. The number of hydrogen-bond donors (Lipinski definition) is 11. The Hall–Kier alpha value is -10.5. The number of nitrogens with zero attached hydrogens (tertiary/aromatic N) is 13. The van der Waals surface area contributed by atoms with E-state index in [-0.39, 0.29) is 35.4 Å². The van der Waals surface area contributed by atoms with Crippen molar-refractivity contribution < 1.29 is 13.6 Å². The lowest BCUT2D eigenvalue weighted by Crippen LogP contribution is -2.61. The van der Waals surface area contributed by atoms with Gasteiger partial charge in [-0.1, -0.05) is 65.1 Å². The fourth-order valence-corrected chi connectivity index (χ4v) is 19.1. The van der Waals surface area contributed by atoms with Crippen LogP contribution in [0.4, 0.5) is 43.7 Å². The fraction of sp³-hybridized carbons (Fsp3) is 0.459. The van der Waals surface area contributed by atoms with Gasteiger partial charge in [0, 0.05) is 122 Å². The lowest BCUT2D eigenvalue weighted by atomic mass is 9.75. The van der Waals surface area contributed by atoms with Crippen LogP contribution in [0.3, 0.4) is 0 Å². The number of likely N-dealkylation sites (N-methyl/N-ethyl adjacent to an activating group) is 1. The zero-order valence-corrected chi connectivity index (χ0v) is 77.4. The Morgan fingerprint density at radius 1 is 0.414 bits per heavy atom. The second kappa shape index (κ2) is 41.1. The van der Waals surface area contributed by atoms with Crippen LogP contribution in [-0.2, 0) is 36.9 Å². The van der Waals surface area contributed by atoms with Crippen molar-refractivity contribution in [1.82, 2.24) is 107 Å². The maximum Gasteiger partial charge on any atom is 0.242 e. The number of anilines is 6. The minimum Gasteiger partial charge on any atom is -0.341 e. The van der Waals surface area contributed by atoms with E-state index in [0.717, 1.165) is 181 Å². The highest BCUT2D eigenvalue weighted by Crippen LogP contribution is 2.43. The van der Waals surface area contributed by atoms with Gasteiger partial charge in [-0.25, -0.2) is 43.7 Å². The normalized spacial score (nSPS) is 16.8. The van der Waals surface area contributed by atoms with Crippen LogP contribution in [0.15, 0.2) is 97.6 Å². The van der Waals surface area contributed by atoms with Crippen LogP contribution < -0.4 is 37.2 Å². The second-order valence-corrected chi connectivity index (χ2v) is 37.5. The summed E-state index contributed by atoms with van der Waals surface area (Å²) in [6, 6.07) is 24.6. The first kappa shape index (κ1) is 90.8. The molecule has 30 heteroatoms. The monoisotopic (exact) mass is 1790 g/mol. The molecule has 3 aliphatic carbocycles. The Bertz CT molecular complexity index is 5710. The number of piperidine rings is 4. The summed E-state index contributed by atoms with van der Waals surface area (Å²) in [6.45, 7) is 26.6. The van der Waals surface area contributed by atoms with Gasteiger partial charge in [-0.05, 0) is 331 Å². The van der Waals surface area contributed by atoms with Crippen LogP contribution >= 0.6 is 34.8 Å². The lowest BCUT2D eigenvalue weighted by molar-refractivity contribution is -0.143. The summed E-state index contributed by atoms with van der Waals surface area (Å²) in [7, 11) is 1.88. The number of aryl methyl sites for hydroxylation is 9.